The average Bonchev–Trinajstić information content (AvgIpc) is 3.45. The molecule has 0 saturated carbocycles. The Hall–Kier alpha value is -1.54. The summed E-state index contributed by atoms with van der Waals surface area (Å²) in [6, 6.07) is 37.5. The number of rotatable bonds is 2. The van der Waals surface area contributed by atoms with Gasteiger partial charge in [0.2, 0.25) is 0 Å². The molecule has 0 saturated heterocycles. The van der Waals surface area contributed by atoms with Crippen LogP contribution < -0.4 is 0 Å². The monoisotopic (exact) mass is 574 g/mol. The van der Waals surface area contributed by atoms with Crippen molar-refractivity contribution >= 4 is 20.4 Å². The minimum atomic E-state index is -1.97. The Morgan fingerprint density at radius 3 is 1.21 bits per heavy atom. The van der Waals surface area contributed by atoms with Crippen molar-refractivity contribution < 1.29 is 18.6 Å². The second-order valence-corrected chi connectivity index (χ2v) is 19.6. The normalized spacial score (nSPS) is 9.43. The summed E-state index contributed by atoms with van der Waals surface area (Å²) in [5, 5.41) is 0. The zero-order valence-corrected chi connectivity index (χ0v) is 21.3. The van der Waals surface area contributed by atoms with Crippen LogP contribution >= 0.6 is 17.2 Å². The topological polar surface area (TPSA) is 0 Å². The number of hydrogen-bond donors (Lipinski definition) is 0. The van der Waals surface area contributed by atoms with Gasteiger partial charge >= 0.3 is 52.8 Å². The molecule has 0 spiro atoms. The average molecular weight is 574 g/mol. The van der Waals surface area contributed by atoms with E-state index < -0.39 is 18.6 Å². The summed E-state index contributed by atoms with van der Waals surface area (Å²) in [7, 11) is 11.1. The van der Waals surface area contributed by atoms with E-state index in [1.807, 2.05) is 26.0 Å². The molecule has 0 amide bonds. The van der Waals surface area contributed by atoms with E-state index in [1.165, 1.54) is 25.5 Å². The molecule has 4 aromatic rings. The van der Waals surface area contributed by atoms with Crippen molar-refractivity contribution in [3.05, 3.63) is 109 Å². The number of benzene rings is 2. The standard InChI is InChI=1S/2C11H9.C3H6.2ClH.Hf/c2*1-2-6-10(7-3-1)11-8-4-5-9-11;1-3-2;;;/h2*1-9H;1-2H3;2*1H;/q2*-1;;;;+2/p-2. The van der Waals surface area contributed by atoms with Gasteiger partial charge in [-0.25, -0.2) is 12.1 Å². The maximum absolute atomic E-state index is 5.55. The number of hydrogen-bond acceptors (Lipinski definition) is 0. The third kappa shape index (κ3) is 8.22. The molecule has 0 fully saturated rings. The van der Waals surface area contributed by atoms with Gasteiger partial charge in [0.15, 0.2) is 0 Å². The quantitative estimate of drug-likeness (QED) is 0.167. The van der Waals surface area contributed by atoms with Gasteiger partial charge in [0.1, 0.15) is 0 Å². The Labute approximate surface area is 183 Å². The third-order valence-electron chi connectivity index (χ3n) is 3.92. The van der Waals surface area contributed by atoms with E-state index >= 15 is 0 Å². The fourth-order valence-corrected chi connectivity index (χ4v) is 2.39. The van der Waals surface area contributed by atoms with Crippen molar-refractivity contribution in [2.45, 2.75) is 13.8 Å². The van der Waals surface area contributed by atoms with E-state index in [9.17, 15) is 0 Å². The van der Waals surface area contributed by atoms with Gasteiger partial charge in [0.25, 0.3) is 0 Å². The Morgan fingerprint density at radius 1 is 0.607 bits per heavy atom. The number of halogens is 2. The van der Waals surface area contributed by atoms with Gasteiger partial charge in [0, 0.05) is 0 Å². The second kappa shape index (κ2) is 12.8. The van der Waals surface area contributed by atoms with Crippen LogP contribution in [0.2, 0.25) is 0 Å². The van der Waals surface area contributed by atoms with Gasteiger partial charge in [-0.05, 0) is 0 Å². The molecule has 0 aliphatic carbocycles. The Bertz CT molecular complexity index is 835. The fraction of sp³-hybridized carbons (Fsp3) is 0.0800. The van der Waals surface area contributed by atoms with E-state index in [0.29, 0.717) is 0 Å². The minimum Gasteiger partial charge on any atom is -0.206 e. The maximum atomic E-state index is 5.55. The van der Waals surface area contributed by atoms with Crippen LogP contribution in [0, 0.1) is 0 Å². The Balaban J connectivity index is 0.000000158. The van der Waals surface area contributed by atoms with E-state index in [0.717, 1.165) is 0 Å². The van der Waals surface area contributed by atoms with Gasteiger partial charge in [-0.15, -0.1) is 0 Å². The predicted molar refractivity (Wildman–Crippen MR) is 123 cm³/mol. The third-order valence-corrected chi connectivity index (χ3v) is 12.8. The van der Waals surface area contributed by atoms with E-state index in [1.54, 1.807) is 0 Å². The first-order valence-corrected chi connectivity index (χ1v) is 19.8. The van der Waals surface area contributed by atoms with Crippen molar-refractivity contribution in [3.63, 3.8) is 0 Å². The van der Waals surface area contributed by atoms with Crippen LogP contribution in [0.15, 0.2) is 109 Å². The van der Waals surface area contributed by atoms with Crippen LogP contribution in [-0.2, 0) is 18.6 Å². The summed E-state index contributed by atoms with van der Waals surface area (Å²) in [5.41, 5.74) is 5.17. The van der Waals surface area contributed by atoms with Crippen molar-refractivity contribution in [2.75, 3.05) is 0 Å². The van der Waals surface area contributed by atoms with Crippen LogP contribution in [0.25, 0.3) is 22.3 Å². The molecule has 0 unspecified atom stereocenters. The van der Waals surface area contributed by atoms with Gasteiger partial charge in [-0.1, -0.05) is 71.8 Å². The minimum absolute atomic E-state index is 1.25. The molecular formula is C25H24Cl2Hf-2. The molecule has 0 aliphatic heterocycles. The van der Waals surface area contributed by atoms with Gasteiger partial charge in [-0.2, -0.15) is 47.5 Å². The predicted octanol–water partition coefficient (Wildman–Crippen LogP) is 8.27. The molecule has 0 bridgehead atoms. The SMILES string of the molecule is C[C](C)=[Hf]([Cl])[Cl].c1ccc(-c2cc[cH-]c2)cc1.c1ccc(-c2cc[cH-]c2)cc1. The van der Waals surface area contributed by atoms with Crippen molar-refractivity contribution in [1.29, 1.82) is 0 Å². The first kappa shape index (κ1) is 22.7. The molecule has 0 radical (unpaired) electrons. The molecule has 0 aliphatic rings. The fourth-order valence-electron chi connectivity index (χ4n) is 2.39. The molecule has 28 heavy (non-hydrogen) atoms. The van der Waals surface area contributed by atoms with Crippen LogP contribution in [0.4, 0.5) is 0 Å². The molecule has 0 heterocycles. The zero-order chi connectivity index (χ0) is 20.2. The molecule has 0 atom stereocenters. The Kier molecular flexibility index (Phi) is 10.4. The van der Waals surface area contributed by atoms with Gasteiger partial charge in [0.05, 0.1) is 0 Å². The molecule has 144 valence electrons. The van der Waals surface area contributed by atoms with Crippen LogP contribution in [0.3, 0.4) is 0 Å². The van der Waals surface area contributed by atoms with Crippen molar-refractivity contribution in [1.82, 2.24) is 0 Å². The van der Waals surface area contributed by atoms with Crippen molar-refractivity contribution in [3.8, 4) is 22.3 Å². The van der Waals surface area contributed by atoms with E-state index in [4.69, 9.17) is 17.2 Å². The Morgan fingerprint density at radius 2 is 0.964 bits per heavy atom. The van der Waals surface area contributed by atoms with Crippen molar-refractivity contribution in [2.24, 2.45) is 0 Å². The second-order valence-electron chi connectivity index (χ2n) is 6.34. The molecule has 0 N–H and O–H groups in total. The molecule has 4 aromatic carbocycles. The molecular weight excluding hydrogens is 550 g/mol. The largest absolute Gasteiger partial charge is 0.206 e. The molecule has 0 aromatic heterocycles. The summed E-state index contributed by atoms with van der Waals surface area (Å²) in [6.45, 7) is 3.98. The molecule has 0 nitrogen and oxygen atoms in total. The van der Waals surface area contributed by atoms with Crippen LogP contribution in [0.5, 0.6) is 0 Å². The van der Waals surface area contributed by atoms with Crippen LogP contribution in [-0.4, -0.2) is 3.26 Å². The smallest absolute Gasteiger partial charge is 0.0623 e. The zero-order valence-electron chi connectivity index (χ0n) is 16.1. The first-order chi connectivity index (χ1) is 13.6. The molecule has 4 rings (SSSR count). The van der Waals surface area contributed by atoms with E-state index in [-0.39, 0.29) is 0 Å². The summed E-state index contributed by atoms with van der Waals surface area (Å²) < 4.78 is 1.25. The summed E-state index contributed by atoms with van der Waals surface area (Å²) >= 11 is -1.97. The van der Waals surface area contributed by atoms with Gasteiger partial charge in [-0.3, -0.25) is 0 Å². The van der Waals surface area contributed by atoms with Gasteiger partial charge < -0.3 is 0 Å². The summed E-state index contributed by atoms with van der Waals surface area (Å²) in [6.07, 6.45) is 0. The van der Waals surface area contributed by atoms with E-state index in [2.05, 4.69) is 97.1 Å². The molecule has 3 heteroatoms. The maximum Gasteiger partial charge on any atom is -0.0623 e. The van der Waals surface area contributed by atoms with Crippen LogP contribution in [0.1, 0.15) is 13.8 Å². The summed E-state index contributed by atoms with van der Waals surface area (Å²) in [5.74, 6) is 0. The summed E-state index contributed by atoms with van der Waals surface area (Å²) in [4.78, 5) is 0. The first-order valence-electron chi connectivity index (χ1n) is 9.10.